The molecular weight excluding hydrogens is 456 g/mol. The van der Waals surface area contributed by atoms with E-state index in [1.165, 1.54) is 0 Å². The Labute approximate surface area is 182 Å². The Bertz CT molecular complexity index is 1140. The van der Waals surface area contributed by atoms with Crippen LogP contribution in [0.5, 0.6) is 0 Å². The fourth-order valence-electron chi connectivity index (χ4n) is 2.83. The molecule has 1 heterocycles. The number of carbonyl (C=O) groups is 2. The Kier molecular flexibility index (Phi) is 6.75. The second-order valence-electron chi connectivity index (χ2n) is 6.69. The zero-order valence-electron chi connectivity index (χ0n) is 16.6. The van der Waals surface area contributed by atoms with Crippen molar-refractivity contribution in [3.8, 4) is 5.69 Å². The highest BCUT2D eigenvalue weighted by molar-refractivity contribution is 5.97. The highest BCUT2D eigenvalue weighted by Gasteiger charge is 2.41. The van der Waals surface area contributed by atoms with Gasteiger partial charge in [0.05, 0.1) is 23.0 Å². The van der Waals surface area contributed by atoms with Crippen molar-refractivity contribution in [3.05, 3.63) is 83.2 Å². The summed E-state index contributed by atoms with van der Waals surface area (Å²) >= 11 is 0. The largest absolute Gasteiger partial charge is 0.460 e. The van der Waals surface area contributed by atoms with Crippen molar-refractivity contribution in [1.29, 1.82) is 0 Å². The third-order valence-corrected chi connectivity index (χ3v) is 4.34. The van der Waals surface area contributed by atoms with E-state index in [-0.39, 0.29) is 11.3 Å². The number of hydrogen-bond acceptors (Lipinski definition) is 4. The molecule has 33 heavy (non-hydrogen) atoms. The van der Waals surface area contributed by atoms with E-state index < -0.39 is 53.3 Å². The number of halogens is 6. The molecule has 1 aromatic heterocycles. The Morgan fingerprint density at radius 1 is 0.939 bits per heavy atom. The second-order valence-corrected chi connectivity index (χ2v) is 6.69. The van der Waals surface area contributed by atoms with Gasteiger partial charge in [0.2, 0.25) is 0 Å². The molecule has 0 unspecified atom stereocenters. The van der Waals surface area contributed by atoms with Gasteiger partial charge in [0.15, 0.2) is 5.69 Å². The van der Waals surface area contributed by atoms with Gasteiger partial charge in [-0.1, -0.05) is 36.4 Å². The van der Waals surface area contributed by atoms with E-state index in [0.717, 1.165) is 12.1 Å². The van der Waals surface area contributed by atoms with Gasteiger partial charge in [-0.2, -0.15) is 31.4 Å². The quantitative estimate of drug-likeness (QED) is 0.428. The van der Waals surface area contributed by atoms with Gasteiger partial charge in [0, 0.05) is 0 Å². The lowest BCUT2D eigenvalue weighted by atomic mass is 10.1. The molecule has 0 radical (unpaired) electrons. The Balaban J connectivity index is 1.77. The molecule has 0 saturated carbocycles. The summed E-state index contributed by atoms with van der Waals surface area (Å²) in [5, 5.41) is 5.45. The fraction of sp³-hybridized carbons (Fsp3) is 0.190. The van der Waals surface area contributed by atoms with Crippen molar-refractivity contribution >= 4 is 11.9 Å². The molecule has 174 valence electrons. The molecule has 12 heteroatoms. The molecule has 3 aromatic rings. The van der Waals surface area contributed by atoms with E-state index in [1.807, 2.05) is 5.32 Å². The number of hydrogen-bond donors (Lipinski definition) is 1. The maximum absolute atomic E-state index is 13.7. The highest BCUT2D eigenvalue weighted by Crippen LogP contribution is 2.35. The van der Waals surface area contributed by atoms with E-state index in [4.69, 9.17) is 4.74 Å². The summed E-state index contributed by atoms with van der Waals surface area (Å²) in [5.41, 5.74) is -3.61. The molecule has 6 nitrogen and oxygen atoms in total. The first-order chi connectivity index (χ1) is 15.5. The first-order valence-corrected chi connectivity index (χ1v) is 9.27. The van der Waals surface area contributed by atoms with Crippen molar-refractivity contribution in [2.75, 3.05) is 6.54 Å². The van der Waals surface area contributed by atoms with E-state index >= 15 is 0 Å². The molecule has 0 aliphatic rings. The smallest absolute Gasteiger partial charge is 0.434 e. The lowest BCUT2D eigenvalue weighted by Gasteiger charge is -2.14. The number of aromatic nitrogens is 2. The van der Waals surface area contributed by atoms with Crippen molar-refractivity contribution in [2.24, 2.45) is 0 Å². The number of rotatable bonds is 6. The van der Waals surface area contributed by atoms with Gasteiger partial charge >= 0.3 is 18.3 Å². The zero-order valence-corrected chi connectivity index (χ0v) is 16.6. The summed E-state index contributed by atoms with van der Waals surface area (Å²) in [6, 6.07) is 11.6. The topological polar surface area (TPSA) is 73.2 Å². The first-order valence-electron chi connectivity index (χ1n) is 9.27. The number of carbonyl (C=O) groups excluding carboxylic acids is 2. The van der Waals surface area contributed by atoms with Crippen LogP contribution in [0.1, 0.15) is 27.2 Å². The molecule has 1 amide bonds. The minimum absolute atomic E-state index is 0.100. The highest BCUT2D eigenvalue weighted by atomic mass is 19.4. The van der Waals surface area contributed by atoms with E-state index in [9.17, 15) is 35.9 Å². The average molecular weight is 471 g/mol. The summed E-state index contributed by atoms with van der Waals surface area (Å²) in [7, 11) is 0. The van der Waals surface area contributed by atoms with E-state index in [1.54, 1.807) is 30.3 Å². The molecule has 0 aliphatic heterocycles. The maximum atomic E-state index is 13.7. The molecule has 0 bridgehead atoms. The molecule has 1 N–H and O–H groups in total. The van der Waals surface area contributed by atoms with Crippen molar-refractivity contribution < 1.29 is 40.7 Å². The number of nitrogens with one attached hydrogen (secondary N) is 1. The summed E-state index contributed by atoms with van der Waals surface area (Å²) in [4.78, 5) is 24.1. The minimum Gasteiger partial charge on any atom is -0.460 e. The predicted molar refractivity (Wildman–Crippen MR) is 102 cm³/mol. The van der Waals surface area contributed by atoms with Gasteiger partial charge in [0.25, 0.3) is 5.91 Å². The fourth-order valence-corrected chi connectivity index (χ4v) is 2.83. The molecule has 0 aliphatic carbocycles. The van der Waals surface area contributed by atoms with Crippen molar-refractivity contribution in [1.82, 2.24) is 15.1 Å². The van der Waals surface area contributed by atoms with Crippen LogP contribution in [0.3, 0.4) is 0 Å². The predicted octanol–water partition coefficient (Wildman–Crippen LogP) is 4.38. The summed E-state index contributed by atoms with van der Waals surface area (Å²) in [6.07, 6.45) is -9.36. The van der Waals surface area contributed by atoms with Gasteiger partial charge < -0.3 is 10.1 Å². The van der Waals surface area contributed by atoms with Gasteiger partial charge in [-0.25, -0.2) is 4.68 Å². The Morgan fingerprint density at radius 3 is 2.27 bits per heavy atom. The Hall–Kier alpha value is -3.83. The molecule has 2 aromatic carbocycles. The van der Waals surface area contributed by atoms with Gasteiger partial charge in [-0.05, 0) is 23.8 Å². The number of benzene rings is 2. The lowest BCUT2D eigenvalue weighted by Crippen LogP contribution is -2.32. The minimum atomic E-state index is -5.13. The number of nitrogens with zero attached hydrogens (tertiary/aromatic N) is 2. The molecule has 0 spiro atoms. The SMILES string of the molecule is O=C(CNC(=O)c1cnn(-c2cccc(C(F)(F)F)c2)c1C(F)(F)F)OCc1ccccc1. The van der Waals surface area contributed by atoms with Crippen LogP contribution in [-0.2, 0) is 28.5 Å². The van der Waals surface area contributed by atoms with Crippen LogP contribution >= 0.6 is 0 Å². The van der Waals surface area contributed by atoms with Crippen LogP contribution in [-0.4, -0.2) is 28.2 Å². The van der Waals surface area contributed by atoms with Gasteiger partial charge in [0.1, 0.15) is 13.2 Å². The number of alkyl halides is 6. The van der Waals surface area contributed by atoms with Crippen LogP contribution < -0.4 is 5.32 Å². The molecule has 0 fully saturated rings. The normalized spacial score (nSPS) is 11.8. The zero-order chi connectivity index (χ0) is 24.2. The number of amides is 1. The van der Waals surface area contributed by atoms with Crippen LogP contribution in [0.4, 0.5) is 26.3 Å². The Morgan fingerprint density at radius 2 is 1.64 bits per heavy atom. The first kappa shape index (κ1) is 23.8. The third kappa shape index (κ3) is 5.90. The number of esters is 1. The standard InChI is InChI=1S/C21H15F6N3O3/c22-20(23,24)14-7-4-8-15(9-14)30-18(21(25,26)27)16(10-29-30)19(32)28-11-17(31)33-12-13-5-2-1-3-6-13/h1-10H,11-12H2,(H,28,32). The monoisotopic (exact) mass is 471 g/mol. The molecule has 0 saturated heterocycles. The number of ether oxygens (including phenoxy) is 1. The molecule has 3 rings (SSSR count). The van der Waals surface area contributed by atoms with Crippen LogP contribution in [0.15, 0.2) is 60.8 Å². The van der Waals surface area contributed by atoms with Crippen LogP contribution in [0, 0.1) is 0 Å². The maximum Gasteiger partial charge on any atom is 0.434 e. The van der Waals surface area contributed by atoms with Crippen molar-refractivity contribution in [2.45, 2.75) is 19.0 Å². The lowest BCUT2D eigenvalue weighted by molar-refractivity contribution is -0.143. The average Bonchev–Trinajstić information content (AvgIpc) is 3.22. The van der Waals surface area contributed by atoms with Gasteiger partial charge in [-0.3, -0.25) is 9.59 Å². The van der Waals surface area contributed by atoms with Crippen LogP contribution in [0.2, 0.25) is 0 Å². The summed E-state index contributed by atoms with van der Waals surface area (Å²) in [6.45, 7) is -0.825. The van der Waals surface area contributed by atoms with Crippen molar-refractivity contribution in [3.63, 3.8) is 0 Å². The molecular formula is C21H15F6N3O3. The summed E-state index contributed by atoms with van der Waals surface area (Å²) in [5.74, 6) is -2.19. The summed E-state index contributed by atoms with van der Waals surface area (Å²) < 4.78 is 85.0. The van der Waals surface area contributed by atoms with Crippen LogP contribution in [0.25, 0.3) is 5.69 Å². The third-order valence-electron chi connectivity index (χ3n) is 4.34. The molecule has 0 atom stereocenters. The second kappa shape index (κ2) is 9.35. The van der Waals surface area contributed by atoms with E-state index in [0.29, 0.717) is 23.9 Å². The van der Waals surface area contributed by atoms with E-state index in [2.05, 4.69) is 5.10 Å². The van der Waals surface area contributed by atoms with Gasteiger partial charge in [-0.15, -0.1) is 0 Å².